The summed E-state index contributed by atoms with van der Waals surface area (Å²) in [4.78, 5) is 19.4. The minimum absolute atomic E-state index is 0.112. The molecule has 0 aliphatic rings. The Morgan fingerprint density at radius 1 is 1.44 bits per heavy atom. The van der Waals surface area contributed by atoms with Crippen molar-refractivity contribution in [2.75, 3.05) is 18.6 Å². The van der Waals surface area contributed by atoms with Gasteiger partial charge in [0.15, 0.2) is 0 Å². The predicted octanol–water partition coefficient (Wildman–Crippen LogP) is 1.50. The summed E-state index contributed by atoms with van der Waals surface area (Å²) in [7, 11) is 1.49. The maximum Gasteiger partial charge on any atom is 0.316 e. The van der Waals surface area contributed by atoms with Crippen LogP contribution in [0.1, 0.15) is 20.8 Å². The summed E-state index contributed by atoms with van der Waals surface area (Å²) in [5, 5.41) is 0.574. The summed E-state index contributed by atoms with van der Waals surface area (Å²) in [5.41, 5.74) is 5.03. The molecule has 100 valence electrons. The number of rotatable bonds is 4. The number of nitrogens with zero attached hydrogens (tertiary/aromatic N) is 2. The van der Waals surface area contributed by atoms with E-state index in [2.05, 4.69) is 9.97 Å². The SMILES string of the molecule is COc1cc(SCC(=O)OC(C)(C)C)nc(N)n1. The molecular formula is C11H17N3O3S. The number of carbonyl (C=O) groups excluding carboxylic acids is 1. The molecule has 0 amide bonds. The van der Waals surface area contributed by atoms with Gasteiger partial charge in [0.1, 0.15) is 10.6 Å². The van der Waals surface area contributed by atoms with E-state index in [-0.39, 0.29) is 17.7 Å². The Morgan fingerprint density at radius 2 is 2.11 bits per heavy atom. The lowest BCUT2D eigenvalue weighted by Gasteiger charge is -2.19. The number of carbonyl (C=O) groups is 1. The predicted molar refractivity (Wildman–Crippen MR) is 69.6 cm³/mol. The molecule has 0 aliphatic carbocycles. The fraction of sp³-hybridized carbons (Fsp3) is 0.545. The highest BCUT2D eigenvalue weighted by atomic mass is 32.2. The maximum absolute atomic E-state index is 11.5. The summed E-state index contributed by atoms with van der Waals surface area (Å²) in [6.45, 7) is 5.46. The molecule has 0 saturated heterocycles. The van der Waals surface area contributed by atoms with Crippen molar-refractivity contribution < 1.29 is 14.3 Å². The van der Waals surface area contributed by atoms with Gasteiger partial charge in [0, 0.05) is 6.07 Å². The van der Waals surface area contributed by atoms with Crippen LogP contribution >= 0.6 is 11.8 Å². The van der Waals surface area contributed by atoms with Gasteiger partial charge in [-0.2, -0.15) is 4.98 Å². The lowest BCUT2D eigenvalue weighted by atomic mass is 10.2. The van der Waals surface area contributed by atoms with Gasteiger partial charge in [-0.1, -0.05) is 11.8 Å². The van der Waals surface area contributed by atoms with Crippen molar-refractivity contribution >= 4 is 23.7 Å². The summed E-state index contributed by atoms with van der Waals surface area (Å²) >= 11 is 1.23. The average molecular weight is 271 g/mol. The zero-order valence-electron chi connectivity index (χ0n) is 10.9. The van der Waals surface area contributed by atoms with Crippen LogP contribution in [0.5, 0.6) is 5.88 Å². The number of nitrogens with two attached hydrogens (primary N) is 1. The van der Waals surface area contributed by atoms with Gasteiger partial charge in [-0.25, -0.2) is 4.98 Å². The number of thioether (sulfide) groups is 1. The highest BCUT2D eigenvalue weighted by Gasteiger charge is 2.16. The van der Waals surface area contributed by atoms with Gasteiger partial charge in [0.25, 0.3) is 0 Å². The van der Waals surface area contributed by atoms with Gasteiger partial charge in [-0.05, 0) is 20.8 Å². The summed E-state index contributed by atoms with van der Waals surface area (Å²) in [6, 6.07) is 1.62. The van der Waals surface area contributed by atoms with Crippen LogP contribution in [0.4, 0.5) is 5.95 Å². The Labute approximate surface area is 110 Å². The van der Waals surface area contributed by atoms with Gasteiger partial charge in [-0.15, -0.1) is 0 Å². The molecule has 1 rings (SSSR count). The Balaban J connectivity index is 2.58. The summed E-state index contributed by atoms with van der Waals surface area (Å²) in [5.74, 6) is 0.343. The van der Waals surface area contributed by atoms with Crippen LogP contribution in [0.25, 0.3) is 0 Å². The van der Waals surface area contributed by atoms with Crippen molar-refractivity contribution in [1.82, 2.24) is 9.97 Å². The van der Waals surface area contributed by atoms with Crippen molar-refractivity contribution in [1.29, 1.82) is 0 Å². The zero-order valence-corrected chi connectivity index (χ0v) is 11.7. The smallest absolute Gasteiger partial charge is 0.316 e. The van der Waals surface area contributed by atoms with Crippen LogP contribution in [-0.4, -0.2) is 34.4 Å². The fourth-order valence-corrected chi connectivity index (χ4v) is 1.77. The van der Waals surface area contributed by atoms with Crippen LogP contribution in [0.2, 0.25) is 0 Å². The second-order valence-electron chi connectivity index (χ2n) is 4.48. The third kappa shape index (κ3) is 5.22. The van der Waals surface area contributed by atoms with Gasteiger partial charge >= 0.3 is 5.97 Å². The number of aromatic nitrogens is 2. The molecule has 0 radical (unpaired) electrons. The fourth-order valence-electron chi connectivity index (χ4n) is 1.10. The second-order valence-corrected chi connectivity index (χ2v) is 5.48. The van der Waals surface area contributed by atoms with E-state index >= 15 is 0 Å². The Morgan fingerprint density at radius 3 is 2.67 bits per heavy atom. The molecule has 0 saturated carbocycles. The highest BCUT2D eigenvalue weighted by Crippen LogP contribution is 2.21. The molecule has 0 aliphatic heterocycles. The van der Waals surface area contributed by atoms with Crippen molar-refractivity contribution in [3.05, 3.63) is 6.07 Å². The monoisotopic (exact) mass is 271 g/mol. The first-order chi connectivity index (χ1) is 8.30. The number of esters is 1. The minimum atomic E-state index is -0.486. The third-order valence-corrected chi connectivity index (χ3v) is 2.55. The molecule has 0 bridgehead atoms. The van der Waals surface area contributed by atoms with Crippen molar-refractivity contribution in [2.45, 2.75) is 31.4 Å². The van der Waals surface area contributed by atoms with E-state index in [9.17, 15) is 4.79 Å². The summed E-state index contributed by atoms with van der Waals surface area (Å²) < 4.78 is 10.1. The first kappa shape index (κ1) is 14.6. The lowest BCUT2D eigenvalue weighted by molar-refractivity contribution is -0.151. The molecule has 0 spiro atoms. The van der Waals surface area contributed by atoms with Crippen molar-refractivity contribution in [3.63, 3.8) is 0 Å². The van der Waals surface area contributed by atoms with E-state index in [1.165, 1.54) is 18.9 Å². The standard InChI is InChI=1S/C11H17N3O3S/c1-11(2,3)17-9(15)6-18-8-5-7(16-4)13-10(12)14-8/h5H,6H2,1-4H3,(H2,12,13,14). The van der Waals surface area contributed by atoms with Crippen LogP contribution < -0.4 is 10.5 Å². The molecule has 1 aromatic rings. The number of methoxy groups -OCH3 is 1. The van der Waals surface area contributed by atoms with E-state index in [1.54, 1.807) is 6.07 Å². The quantitative estimate of drug-likeness (QED) is 0.504. The third-order valence-electron chi connectivity index (χ3n) is 1.66. The molecule has 0 atom stereocenters. The van der Waals surface area contributed by atoms with E-state index < -0.39 is 5.60 Å². The van der Waals surface area contributed by atoms with Gasteiger partial charge in [-0.3, -0.25) is 4.79 Å². The molecule has 2 N–H and O–H groups in total. The normalized spacial score (nSPS) is 11.1. The number of nitrogen functional groups attached to an aromatic ring is 1. The van der Waals surface area contributed by atoms with Crippen molar-refractivity contribution in [2.24, 2.45) is 0 Å². The minimum Gasteiger partial charge on any atom is -0.481 e. The first-order valence-electron chi connectivity index (χ1n) is 5.33. The zero-order chi connectivity index (χ0) is 13.8. The molecule has 6 nitrogen and oxygen atoms in total. The average Bonchev–Trinajstić information content (AvgIpc) is 2.23. The number of ether oxygens (including phenoxy) is 2. The topological polar surface area (TPSA) is 87.3 Å². The molecule has 1 heterocycles. The maximum atomic E-state index is 11.5. The molecular weight excluding hydrogens is 254 g/mol. The number of hydrogen-bond acceptors (Lipinski definition) is 7. The Hall–Kier alpha value is -1.50. The van der Waals surface area contributed by atoms with E-state index in [4.69, 9.17) is 15.2 Å². The van der Waals surface area contributed by atoms with Crippen LogP contribution in [0, 0.1) is 0 Å². The van der Waals surface area contributed by atoms with Crippen LogP contribution in [0.3, 0.4) is 0 Å². The number of anilines is 1. The molecule has 18 heavy (non-hydrogen) atoms. The summed E-state index contributed by atoms with van der Waals surface area (Å²) in [6.07, 6.45) is 0. The number of hydrogen-bond donors (Lipinski definition) is 1. The van der Waals surface area contributed by atoms with E-state index in [1.807, 2.05) is 20.8 Å². The lowest BCUT2D eigenvalue weighted by Crippen LogP contribution is -2.24. The second kappa shape index (κ2) is 5.90. The van der Waals surface area contributed by atoms with Gasteiger partial charge < -0.3 is 15.2 Å². The Bertz CT molecular complexity index is 432. The molecule has 0 aromatic carbocycles. The van der Waals surface area contributed by atoms with Crippen molar-refractivity contribution in [3.8, 4) is 5.88 Å². The van der Waals surface area contributed by atoms with Crippen LogP contribution in [0.15, 0.2) is 11.1 Å². The van der Waals surface area contributed by atoms with E-state index in [0.717, 1.165) is 0 Å². The molecule has 0 unspecified atom stereocenters. The van der Waals surface area contributed by atoms with E-state index in [0.29, 0.717) is 10.9 Å². The van der Waals surface area contributed by atoms with Crippen LogP contribution in [-0.2, 0) is 9.53 Å². The molecule has 0 fully saturated rings. The largest absolute Gasteiger partial charge is 0.481 e. The molecule has 7 heteroatoms. The first-order valence-corrected chi connectivity index (χ1v) is 6.32. The molecule has 1 aromatic heterocycles. The Kier molecular flexibility index (Phi) is 4.77. The highest BCUT2D eigenvalue weighted by molar-refractivity contribution is 7.99. The van der Waals surface area contributed by atoms with Gasteiger partial charge in [0.2, 0.25) is 11.8 Å². The van der Waals surface area contributed by atoms with Gasteiger partial charge in [0.05, 0.1) is 12.9 Å².